The van der Waals surface area contributed by atoms with E-state index in [4.69, 9.17) is 5.11 Å². The van der Waals surface area contributed by atoms with Crippen LogP contribution >= 0.6 is 15.9 Å². The van der Waals surface area contributed by atoms with Gasteiger partial charge in [0.25, 0.3) is 0 Å². The number of carbonyl (C=O) groups is 1. The highest BCUT2D eigenvalue weighted by Gasteiger charge is 2.03. The Morgan fingerprint density at radius 2 is 1.90 bits per heavy atom. The van der Waals surface area contributed by atoms with Crippen molar-refractivity contribution in [3.63, 3.8) is 0 Å². The summed E-state index contributed by atoms with van der Waals surface area (Å²) in [5, 5.41) is 12.2. The summed E-state index contributed by atoms with van der Waals surface area (Å²) in [6.07, 6.45) is 0.958. The molecule has 20 heavy (non-hydrogen) atoms. The van der Waals surface area contributed by atoms with Crippen LogP contribution in [-0.2, 0) is 13.0 Å². The van der Waals surface area contributed by atoms with Gasteiger partial charge >= 0.3 is 5.97 Å². The summed E-state index contributed by atoms with van der Waals surface area (Å²) >= 11 is 3.47. The van der Waals surface area contributed by atoms with E-state index < -0.39 is 5.97 Å². The second-order valence-electron chi connectivity index (χ2n) is 4.51. The molecular formula is C16H16BrNO2. The van der Waals surface area contributed by atoms with Gasteiger partial charge in [0.15, 0.2) is 0 Å². The van der Waals surface area contributed by atoms with Crippen LogP contribution in [0.25, 0.3) is 0 Å². The molecule has 2 aromatic carbocycles. The highest BCUT2D eigenvalue weighted by molar-refractivity contribution is 9.10. The summed E-state index contributed by atoms with van der Waals surface area (Å²) in [6, 6.07) is 13.1. The molecule has 0 aliphatic heterocycles. The third-order valence-electron chi connectivity index (χ3n) is 3.13. The minimum absolute atomic E-state index is 0.312. The molecule has 0 fully saturated rings. The van der Waals surface area contributed by atoms with Crippen molar-refractivity contribution in [2.24, 2.45) is 0 Å². The number of aryl methyl sites for hydroxylation is 1. The summed E-state index contributed by atoms with van der Waals surface area (Å²) in [5.41, 5.74) is 3.73. The number of hydrogen-bond acceptors (Lipinski definition) is 2. The van der Waals surface area contributed by atoms with Gasteiger partial charge in [0.2, 0.25) is 0 Å². The minimum Gasteiger partial charge on any atom is -0.478 e. The van der Waals surface area contributed by atoms with Crippen molar-refractivity contribution in [2.45, 2.75) is 19.9 Å². The fraction of sp³-hybridized carbons (Fsp3) is 0.188. The largest absolute Gasteiger partial charge is 0.478 e. The Labute approximate surface area is 126 Å². The number of benzene rings is 2. The molecule has 2 aromatic rings. The molecule has 0 heterocycles. The van der Waals surface area contributed by atoms with E-state index in [1.165, 1.54) is 5.56 Å². The van der Waals surface area contributed by atoms with Crippen molar-refractivity contribution in [2.75, 3.05) is 5.32 Å². The molecule has 4 heteroatoms. The first-order chi connectivity index (χ1) is 9.60. The average molecular weight is 334 g/mol. The lowest BCUT2D eigenvalue weighted by Gasteiger charge is -2.11. The normalized spacial score (nSPS) is 10.3. The zero-order valence-electron chi connectivity index (χ0n) is 11.2. The fourth-order valence-electron chi connectivity index (χ4n) is 1.99. The Hall–Kier alpha value is -1.81. The molecule has 0 atom stereocenters. The zero-order chi connectivity index (χ0) is 14.5. The predicted octanol–water partition coefficient (Wildman–Crippen LogP) is 4.32. The number of carboxylic acid groups (broad SMARTS) is 1. The Morgan fingerprint density at radius 3 is 2.50 bits per heavy atom. The fourth-order valence-corrected chi connectivity index (χ4v) is 2.40. The first-order valence-corrected chi connectivity index (χ1v) is 7.24. The molecule has 0 aromatic heterocycles. The molecule has 0 bridgehead atoms. The van der Waals surface area contributed by atoms with Crippen molar-refractivity contribution in [1.29, 1.82) is 0 Å². The molecular weight excluding hydrogens is 318 g/mol. The highest BCUT2D eigenvalue weighted by atomic mass is 79.9. The van der Waals surface area contributed by atoms with E-state index >= 15 is 0 Å². The van der Waals surface area contributed by atoms with Gasteiger partial charge in [0.05, 0.1) is 5.56 Å². The average Bonchev–Trinajstić information content (AvgIpc) is 2.46. The number of hydrogen-bond donors (Lipinski definition) is 2. The van der Waals surface area contributed by atoms with Gasteiger partial charge in [-0.1, -0.05) is 35.0 Å². The maximum Gasteiger partial charge on any atom is 0.335 e. The van der Waals surface area contributed by atoms with E-state index in [-0.39, 0.29) is 0 Å². The molecule has 2 N–H and O–H groups in total. The summed E-state index contributed by atoms with van der Waals surface area (Å²) in [4.78, 5) is 10.8. The Balaban J connectivity index is 2.06. The van der Waals surface area contributed by atoms with Crippen molar-refractivity contribution in [1.82, 2.24) is 0 Å². The molecule has 0 amide bonds. The van der Waals surface area contributed by atoms with E-state index in [2.05, 4.69) is 40.3 Å². The molecule has 0 saturated carbocycles. The van der Waals surface area contributed by atoms with E-state index in [1.54, 1.807) is 12.1 Å². The number of nitrogens with one attached hydrogen (secondary N) is 1. The van der Waals surface area contributed by atoms with Crippen LogP contribution < -0.4 is 5.32 Å². The van der Waals surface area contributed by atoms with Crippen molar-refractivity contribution in [3.8, 4) is 0 Å². The third kappa shape index (κ3) is 3.61. The van der Waals surface area contributed by atoms with Gasteiger partial charge in [-0.25, -0.2) is 4.79 Å². The predicted molar refractivity (Wildman–Crippen MR) is 84.2 cm³/mol. The smallest absolute Gasteiger partial charge is 0.335 e. The van der Waals surface area contributed by atoms with Crippen molar-refractivity contribution in [3.05, 3.63) is 63.6 Å². The number of anilines is 1. The molecule has 0 radical (unpaired) electrons. The van der Waals surface area contributed by atoms with Crippen LogP contribution in [0.3, 0.4) is 0 Å². The maximum atomic E-state index is 10.8. The van der Waals surface area contributed by atoms with Crippen molar-refractivity contribution >= 4 is 27.6 Å². The van der Waals surface area contributed by atoms with Crippen LogP contribution in [-0.4, -0.2) is 11.1 Å². The number of aromatic carboxylic acids is 1. The van der Waals surface area contributed by atoms with E-state index in [0.717, 1.165) is 22.1 Å². The van der Waals surface area contributed by atoms with Gasteiger partial charge in [-0.3, -0.25) is 0 Å². The van der Waals surface area contributed by atoms with Gasteiger partial charge in [-0.2, -0.15) is 0 Å². The third-order valence-corrected chi connectivity index (χ3v) is 3.63. The van der Waals surface area contributed by atoms with Gasteiger partial charge in [0, 0.05) is 16.7 Å². The first kappa shape index (κ1) is 14.6. The highest BCUT2D eigenvalue weighted by Crippen LogP contribution is 2.22. The van der Waals surface area contributed by atoms with E-state index in [1.807, 2.05) is 18.2 Å². The second-order valence-corrected chi connectivity index (χ2v) is 5.43. The lowest BCUT2D eigenvalue weighted by Crippen LogP contribution is -2.03. The Bertz CT molecular complexity index is 608. The van der Waals surface area contributed by atoms with Gasteiger partial charge in [-0.05, 0) is 47.9 Å². The van der Waals surface area contributed by atoms with Crippen LogP contribution in [0.2, 0.25) is 0 Å². The lowest BCUT2D eigenvalue weighted by atomic mass is 10.1. The van der Waals surface area contributed by atoms with Gasteiger partial charge in [-0.15, -0.1) is 0 Å². The Kier molecular flexibility index (Phi) is 4.79. The number of carboxylic acids is 1. The quantitative estimate of drug-likeness (QED) is 0.856. The molecule has 0 aliphatic rings. The molecule has 0 saturated heterocycles. The van der Waals surface area contributed by atoms with Crippen LogP contribution in [0.5, 0.6) is 0 Å². The zero-order valence-corrected chi connectivity index (χ0v) is 12.8. The standard InChI is InChI=1S/C16H16BrNO2/c1-2-12-9-14(17)7-8-15(12)18-10-11-3-5-13(6-4-11)16(19)20/h3-9,18H,2,10H2,1H3,(H,19,20). The molecule has 0 aliphatic carbocycles. The molecule has 104 valence electrons. The van der Waals surface area contributed by atoms with Gasteiger partial charge < -0.3 is 10.4 Å². The monoisotopic (exact) mass is 333 g/mol. The van der Waals surface area contributed by atoms with Crippen LogP contribution in [0.1, 0.15) is 28.4 Å². The second kappa shape index (κ2) is 6.57. The minimum atomic E-state index is -0.898. The lowest BCUT2D eigenvalue weighted by molar-refractivity contribution is 0.0697. The number of halogens is 1. The molecule has 0 unspecified atom stereocenters. The topological polar surface area (TPSA) is 49.3 Å². The van der Waals surface area contributed by atoms with E-state index in [0.29, 0.717) is 12.1 Å². The summed E-state index contributed by atoms with van der Waals surface area (Å²) in [6.45, 7) is 2.79. The summed E-state index contributed by atoms with van der Waals surface area (Å²) < 4.78 is 1.07. The maximum absolute atomic E-state index is 10.8. The Morgan fingerprint density at radius 1 is 1.20 bits per heavy atom. The number of rotatable bonds is 5. The first-order valence-electron chi connectivity index (χ1n) is 6.44. The van der Waals surface area contributed by atoms with Crippen molar-refractivity contribution < 1.29 is 9.90 Å². The van der Waals surface area contributed by atoms with Gasteiger partial charge in [0.1, 0.15) is 0 Å². The van der Waals surface area contributed by atoms with Crippen LogP contribution in [0, 0.1) is 0 Å². The SMILES string of the molecule is CCc1cc(Br)ccc1NCc1ccc(C(=O)O)cc1. The summed E-state index contributed by atoms with van der Waals surface area (Å²) in [5.74, 6) is -0.898. The molecule has 0 spiro atoms. The van der Waals surface area contributed by atoms with E-state index in [9.17, 15) is 4.79 Å². The summed E-state index contributed by atoms with van der Waals surface area (Å²) in [7, 11) is 0. The van der Waals surface area contributed by atoms with Crippen LogP contribution in [0.4, 0.5) is 5.69 Å². The molecule has 2 rings (SSSR count). The molecule has 3 nitrogen and oxygen atoms in total. The van der Waals surface area contributed by atoms with Crippen LogP contribution in [0.15, 0.2) is 46.9 Å².